The molecule has 0 aliphatic carbocycles. The van der Waals surface area contributed by atoms with Crippen molar-refractivity contribution in [1.29, 1.82) is 0 Å². The number of hydrogen-bond donors (Lipinski definition) is 13. The Hall–Kier alpha value is -6.18. The van der Waals surface area contributed by atoms with Crippen LogP contribution in [0.1, 0.15) is 45.6 Å². The average molecular weight is 920 g/mol. The largest absolute Gasteiger partial charge is 0.508 e. The minimum absolute atomic E-state index is 0.0635. The molecule has 2 bridgehead atoms. The van der Waals surface area contributed by atoms with Crippen LogP contribution in [0.5, 0.6) is 5.75 Å². The zero-order valence-corrected chi connectivity index (χ0v) is 35.9. The molecule has 3 aliphatic heterocycles. The summed E-state index contributed by atoms with van der Waals surface area (Å²) in [5.74, 6) is -12.9. The van der Waals surface area contributed by atoms with Crippen LogP contribution in [0.25, 0.3) is 10.9 Å². The number of fused-ring (bicyclic) bond motifs is 5. The monoisotopic (exact) mass is 919 g/mol. The fraction of sp³-hybridized carbons (Fsp3) is 0.564. The maximum atomic E-state index is 14.5. The summed E-state index contributed by atoms with van der Waals surface area (Å²) in [5.41, 5.74) is 0.220. The summed E-state index contributed by atoms with van der Waals surface area (Å²) in [5, 5.41) is 68.3. The lowest BCUT2D eigenvalue weighted by molar-refractivity contribution is -0.146. The van der Waals surface area contributed by atoms with Crippen molar-refractivity contribution in [1.82, 2.24) is 47.1 Å². The molecule has 4 heterocycles. The van der Waals surface area contributed by atoms with E-state index in [1.165, 1.54) is 25.1 Å². The zero-order chi connectivity index (χ0) is 47.2. The number of phenols is 1. The van der Waals surface area contributed by atoms with Gasteiger partial charge in [-0.1, -0.05) is 27.2 Å². The SMILES string of the molecule is CC[C@H](C)[C@@H]1NC(=O)CNC(=O)[C@@H]2Cc3c([nH]c4cc(O)ccc34)[S@](=O)C[C@@H](NC(=O)CNC1=O)C(=O)N[C@@H](CC(=O)O)C(=O)N1C[C@@H](O)C[C@H]1C(=O)N[C@@H]([C@@H](C)[C@@H](O)CO)C(=O)N2. The van der Waals surface area contributed by atoms with Crippen molar-refractivity contribution in [3.05, 3.63) is 23.8 Å². The number of hydrogen-bond acceptors (Lipinski definition) is 14. The number of nitrogens with one attached hydrogen (secondary N) is 8. The number of rotatable bonds is 7. The summed E-state index contributed by atoms with van der Waals surface area (Å²) in [6.45, 7) is 1.64. The fourth-order valence-corrected chi connectivity index (χ4v) is 9.07. The lowest BCUT2D eigenvalue weighted by Gasteiger charge is -2.32. The van der Waals surface area contributed by atoms with Crippen LogP contribution in [-0.2, 0) is 60.4 Å². The summed E-state index contributed by atoms with van der Waals surface area (Å²) in [6, 6.07) is -6.28. The quantitative estimate of drug-likeness (QED) is 0.123. The van der Waals surface area contributed by atoms with E-state index in [2.05, 4.69) is 42.2 Å². The van der Waals surface area contributed by atoms with E-state index in [0.717, 1.165) is 4.90 Å². The number of carbonyl (C=O) groups is 9. The second-order valence-corrected chi connectivity index (χ2v) is 17.5. The number of carboxylic acids is 1. The van der Waals surface area contributed by atoms with Crippen LogP contribution in [0.3, 0.4) is 0 Å². The number of nitrogens with zero attached hydrogens (tertiary/aromatic N) is 1. The molecule has 13 N–H and O–H groups in total. The summed E-state index contributed by atoms with van der Waals surface area (Å²) in [4.78, 5) is 127. The van der Waals surface area contributed by atoms with E-state index >= 15 is 0 Å². The molecular formula is C39H53N9O15S. The molecule has 0 saturated carbocycles. The van der Waals surface area contributed by atoms with Gasteiger partial charge in [0.25, 0.3) is 0 Å². The molecule has 1 fully saturated rings. The Balaban J connectivity index is 1.73. The van der Waals surface area contributed by atoms with Gasteiger partial charge in [0, 0.05) is 36.8 Å². The molecule has 8 amide bonds. The Morgan fingerprint density at radius 3 is 2.19 bits per heavy atom. The van der Waals surface area contributed by atoms with Gasteiger partial charge < -0.3 is 72.6 Å². The highest BCUT2D eigenvalue weighted by Gasteiger charge is 2.45. The van der Waals surface area contributed by atoms with Gasteiger partial charge >= 0.3 is 5.97 Å². The van der Waals surface area contributed by atoms with E-state index in [4.69, 9.17) is 0 Å². The van der Waals surface area contributed by atoms with Crippen LogP contribution in [-0.4, -0.2) is 173 Å². The number of carboxylic acid groups (broad SMARTS) is 1. The molecule has 1 aromatic carbocycles. The smallest absolute Gasteiger partial charge is 0.305 e. The molecule has 1 saturated heterocycles. The van der Waals surface area contributed by atoms with Gasteiger partial charge in [-0.05, 0) is 23.6 Å². The Bertz CT molecular complexity index is 2200. The Labute approximate surface area is 367 Å². The minimum Gasteiger partial charge on any atom is -0.508 e. The number of aromatic hydroxyl groups is 1. The minimum atomic E-state index is -2.41. The molecular weight excluding hydrogens is 867 g/mol. The maximum Gasteiger partial charge on any atom is 0.305 e. The van der Waals surface area contributed by atoms with Crippen LogP contribution >= 0.6 is 0 Å². The molecule has 24 nitrogen and oxygen atoms in total. The van der Waals surface area contributed by atoms with Gasteiger partial charge in [-0.25, -0.2) is 0 Å². The highest BCUT2D eigenvalue weighted by Crippen LogP contribution is 2.30. The number of phenolic OH excluding ortho intramolecular Hbond substituents is 1. The molecule has 11 atom stereocenters. The normalized spacial score (nSPS) is 28.5. The molecule has 1 aromatic heterocycles. The van der Waals surface area contributed by atoms with Crippen molar-refractivity contribution in [2.24, 2.45) is 11.8 Å². The Kier molecular flexibility index (Phi) is 16.0. The topological polar surface area (TPSA) is 375 Å². The van der Waals surface area contributed by atoms with Gasteiger partial charge in [0.15, 0.2) is 0 Å². The summed E-state index contributed by atoms with van der Waals surface area (Å²) >= 11 is 0. The number of aromatic nitrogens is 1. The predicted molar refractivity (Wildman–Crippen MR) is 221 cm³/mol. The summed E-state index contributed by atoms with van der Waals surface area (Å²) in [6.07, 6.45) is -4.74. The molecule has 5 rings (SSSR count). The molecule has 2 aromatic rings. The van der Waals surface area contributed by atoms with Crippen LogP contribution in [0.2, 0.25) is 0 Å². The number of carbonyl (C=O) groups excluding carboxylic acids is 8. The predicted octanol–water partition coefficient (Wildman–Crippen LogP) is -5.32. The maximum absolute atomic E-state index is 14.5. The van der Waals surface area contributed by atoms with Gasteiger partial charge in [-0.15, -0.1) is 0 Å². The second kappa shape index (κ2) is 21.0. The highest BCUT2D eigenvalue weighted by molar-refractivity contribution is 7.85. The third kappa shape index (κ3) is 11.5. The average Bonchev–Trinajstić information content (AvgIpc) is 3.82. The molecule has 0 radical (unpaired) electrons. The van der Waals surface area contributed by atoms with E-state index in [0.29, 0.717) is 6.42 Å². The first kappa shape index (κ1) is 48.8. The number of aromatic amines is 1. The summed E-state index contributed by atoms with van der Waals surface area (Å²) < 4.78 is 14.5. The van der Waals surface area contributed by atoms with Crippen LogP contribution in [0.15, 0.2) is 23.2 Å². The highest BCUT2D eigenvalue weighted by atomic mass is 32.2. The van der Waals surface area contributed by atoms with Crippen molar-refractivity contribution in [3.8, 4) is 5.75 Å². The van der Waals surface area contributed by atoms with E-state index in [-0.39, 0.29) is 27.2 Å². The standard InChI is InChI=1S/C39H53N9O15S/c1-4-16(2)31-36(60)41-11-28(53)42-25-15-64(63)38-21(20-6-5-18(50)7-22(20)45-38)9-23(33(57)40-12-29(54)46-31)43-37(61)32(17(3)27(52)14-49)47-35(59)26-8-19(51)13-48(26)39(62)24(10-30(55)56)44-34(25)58/h5-7,16-17,19,23-27,31-32,45,49-52H,4,8-15H2,1-3H3,(H,40,57)(H,41,60)(H,42,53)(H,43,61)(H,44,58)(H,46,54)(H,47,59)(H,55,56)/t16-,17-,19-,23-,24-,25+,26-,27-,31-,32-,64+/m0/s1. The van der Waals surface area contributed by atoms with Crippen molar-refractivity contribution in [2.75, 3.05) is 32.0 Å². The summed E-state index contributed by atoms with van der Waals surface area (Å²) in [7, 11) is -2.41. The molecule has 350 valence electrons. The third-order valence-corrected chi connectivity index (χ3v) is 12.9. The molecule has 0 spiro atoms. The van der Waals surface area contributed by atoms with Crippen molar-refractivity contribution in [3.63, 3.8) is 0 Å². The Morgan fingerprint density at radius 1 is 0.859 bits per heavy atom. The number of benzene rings is 1. The number of aliphatic carboxylic acids is 1. The van der Waals surface area contributed by atoms with E-state index in [9.17, 15) is 72.9 Å². The first-order valence-corrected chi connectivity index (χ1v) is 21.8. The number of amides is 8. The fourth-order valence-electron chi connectivity index (χ4n) is 7.67. The molecule has 25 heteroatoms. The van der Waals surface area contributed by atoms with Crippen molar-refractivity contribution in [2.45, 2.75) is 99.9 Å². The molecule has 0 unspecified atom stereocenters. The van der Waals surface area contributed by atoms with Crippen LogP contribution < -0.4 is 37.2 Å². The van der Waals surface area contributed by atoms with E-state index in [1.807, 2.05) is 0 Å². The van der Waals surface area contributed by atoms with Crippen molar-refractivity contribution < 1.29 is 72.9 Å². The first-order chi connectivity index (χ1) is 30.2. The number of aliphatic hydroxyl groups excluding tert-OH is 3. The second-order valence-electron chi connectivity index (χ2n) is 16.1. The first-order valence-electron chi connectivity index (χ1n) is 20.5. The lowest BCUT2D eigenvalue weighted by Crippen LogP contribution is -2.62. The van der Waals surface area contributed by atoms with Crippen LogP contribution in [0, 0.1) is 11.8 Å². The van der Waals surface area contributed by atoms with Gasteiger partial charge in [-0.3, -0.25) is 47.4 Å². The van der Waals surface area contributed by atoms with Gasteiger partial charge in [0.2, 0.25) is 47.3 Å². The molecule has 64 heavy (non-hydrogen) atoms. The van der Waals surface area contributed by atoms with E-state index < -0.39 is 176 Å². The van der Waals surface area contributed by atoms with Crippen molar-refractivity contribution >= 4 is 74.9 Å². The Morgan fingerprint density at radius 2 is 1.53 bits per heavy atom. The van der Waals surface area contributed by atoms with Gasteiger partial charge in [-0.2, -0.15) is 0 Å². The number of aliphatic hydroxyl groups is 3. The molecule has 3 aliphatic rings. The van der Waals surface area contributed by atoms with Gasteiger partial charge in [0.05, 0.1) is 60.4 Å². The van der Waals surface area contributed by atoms with E-state index in [1.54, 1.807) is 13.8 Å². The van der Waals surface area contributed by atoms with Gasteiger partial charge in [0.1, 0.15) is 47.0 Å². The number of H-pyrrole nitrogens is 1. The van der Waals surface area contributed by atoms with Crippen LogP contribution in [0.4, 0.5) is 0 Å². The zero-order valence-electron chi connectivity index (χ0n) is 35.0. The third-order valence-electron chi connectivity index (χ3n) is 11.5. The lowest BCUT2D eigenvalue weighted by atomic mass is 9.93.